The van der Waals surface area contributed by atoms with E-state index in [1.807, 2.05) is 18.4 Å². The number of carboxylic acids is 1. The van der Waals surface area contributed by atoms with Gasteiger partial charge < -0.3 is 15.4 Å². The number of carbonyl (C=O) groups excluding carboxylic acids is 1. The van der Waals surface area contributed by atoms with Crippen molar-refractivity contribution < 1.29 is 14.7 Å². The maximum absolute atomic E-state index is 11.8. The molecule has 0 aromatic carbocycles. The second kappa shape index (κ2) is 5.01. The van der Waals surface area contributed by atoms with Gasteiger partial charge in [-0.05, 0) is 23.9 Å². The molecule has 0 fully saturated rings. The number of nitrogens with zero attached hydrogens (tertiary/aromatic N) is 1. The Morgan fingerprint density at radius 1 is 1.56 bits per heavy atom. The summed E-state index contributed by atoms with van der Waals surface area (Å²) >= 11 is 1.54. The van der Waals surface area contributed by atoms with Gasteiger partial charge in [-0.1, -0.05) is 0 Å². The summed E-state index contributed by atoms with van der Waals surface area (Å²) in [5.41, 5.74) is 0.799. The Labute approximate surface area is 107 Å². The number of amides is 1. The van der Waals surface area contributed by atoms with Crippen LogP contribution < -0.4 is 5.32 Å². The van der Waals surface area contributed by atoms with E-state index in [-0.39, 0.29) is 11.4 Å². The Hall–Kier alpha value is -2.15. The van der Waals surface area contributed by atoms with Gasteiger partial charge in [0.05, 0.1) is 12.9 Å². The highest BCUT2D eigenvalue weighted by Gasteiger charge is 2.19. The Morgan fingerprint density at radius 3 is 2.94 bits per heavy atom. The molecule has 3 N–H and O–H groups in total. The quantitative estimate of drug-likeness (QED) is 0.778. The number of carboxylic acid groups (broad SMARTS) is 1. The van der Waals surface area contributed by atoms with E-state index in [1.165, 1.54) is 6.33 Å². The highest BCUT2D eigenvalue weighted by atomic mass is 32.1. The highest BCUT2D eigenvalue weighted by Crippen LogP contribution is 2.15. The summed E-state index contributed by atoms with van der Waals surface area (Å²) in [6, 6.07) is 1.96. The van der Waals surface area contributed by atoms with Gasteiger partial charge in [-0.3, -0.25) is 4.79 Å². The third kappa shape index (κ3) is 2.40. The van der Waals surface area contributed by atoms with Gasteiger partial charge >= 0.3 is 5.97 Å². The van der Waals surface area contributed by atoms with Crippen LogP contribution in [-0.2, 0) is 6.54 Å². The van der Waals surface area contributed by atoms with Gasteiger partial charge in [-0.15, -0.1) is 11.3 Å². The lowest BCUT2D eigenvalue weighted by Crippen LogP contribution is -2.25. The van der Waals surface area contributed by atoms with E-state index in [1.54, 1.807) is 11.3 Å². The summed E-state index contributed by atoms with van der Waals surface area (Å²) in [7, 11) is 0. The van der Waals surface area contributed by atoms with Gasteiger partial charge in [0.2, 0.25) is 0 Å². The molecule has 0 radical (unpaired) electrons. The summed E-state index contributed by atoms with van der Waals surface area (Å²) < 4.78 is 0. The van der Waals surface area contributed by atoms with Crippen molar-refractivity contribution in [2.24, 2.45) is 0 Å². The van der Waals surface area contributed by atoms with Crippen molar-refractivity contribution in [1.29, 1.82) is 0 Å². The topological polar surface area (TPSA) is 95.1 Å². The third-order valence-electron chi connectivity index (χ3n) is 2.45. The van der Waals surface area contributed by atoms with Gasteiger partial charge in [0.15, 0.2) is 11.4 Å². The minimum Gasteiger partial charge on any atom is -0.477 e. The lowest BCUT2D eigenvalue weighted by molar-refractivity contribution is 0.0685. The van der Waals surface area contributed by atoms with Gasteiger partial charge in [-0.2, -0.15) is 0 Å². The smallest absolute Gasteiger partial charge is 0.354 e. The molecular weight excluding hydrogens is 254 g/mol. The van der Waals surface area contributed by atoms with E-state index in [9.17, 15) is 9.59 Å². The normalized spacial score (nSPS) is 10.3. The van der Waals surface area contributed by atoms with Crippen molar-refractivity contribution in [3.8, 4) is 0 Å². The number of aromatic amines is 1. The number of nitrogens with one attached hydrogen (secondary N) is 2. The number of aryl methyl sites for hydroxylation is 1. The number of aromatic nitrogens is 2. The summed E-state index contributed by atoms with van der Waals surface area (Å²) in [6.45, 7) is 2.32. The van der Waals surface area contributed by atoms with Crippen LogP contribution in [0.4, 0.5) is 0 Å². The number of aromatic carboxylic acids is 1. The summed E-state index contributed by atoms with van der Waals surface area (Å²) in [6.07, 6.45) is 1.19. The number of hydrogen-bond donors (Lipinski definition) is 3. The minimum absolute atomic E-state index is 0.100. The third-order valence-corrected chi connectivity index (χ3v) is 3.47. The fourth-order valence-electron chi connectivity index (χ4n) is 1.46. The van der Waals surface area contributed by atoms with E-state index in [2.05, 4.69) is 15.3 Å². The summed E-state index contributed by atoms with van der Waals surface area (Å²) in [5, 5.41) is 13.4. The Balaban J connectivity index is 2.06. The van der Waals surface area contributed by atoms with Crippen molar-refractivity contribution in [3.05, 3.63) is 39.6 Å². The first-order chi connectivity index (χ1) is 8.59. The standard InChI is InChI=1S/C11H11N3O3S/c1-6-2-3-18-7(6)4-12-10(15)8-9(11(16)17)14-5-13-8/h2-3,5H,4H2,1H3,(H,12,15)(H,13,14)(H,16,17). The van der Waals surface area contributed by atoms with Crippen LogP contribution in [0.15, 0.2) is 17.8 Å². The fraction of sp³-hybridized carbons (Fsp3) is 0.182. The first-order valence-corrected chi connectivity index (χ1v) is 6.05. The molecule has 0 aliphatic heterocycles. The lowest BCUT2D eigenvalue weighted by Gasteiger charge is -2.03. The van der Waals surface area contributed by atoms with Gasteiger partial charge in [-0.25, -0.2) is 9.78 Å². The molecule has 0 spiro atoms. The monoisotopic (exact) mass is 265 g/mol. The number of thiophene rings is 1. The highest BCUT2D eigenvalue weighted by molar-refractivity contribution is 7.10. The summed E-state index contributed by atoms with van der Waals surface area (Å²) in [4.78, 5) is 29.8. The van der Waals surface area contributed by atoms with Crippen LogP contribution in [0.2, 0.25) is 0 Å². The number of carbonyl (C=O) groups is 2. The summed E-state index contributed by atoms with van der Waals surface area (Å²) in [5.74, 6) is -1.70. The zero-order valence-electron chi connectivity index (χ0n) is 9.56. The SMILES string of the molecule is Cc1ccsc1CNC(=O)c1nc[nH]c1C(=O)O. The zero-order chi connectivity index (χ0) is 13.1. The van der Waals surface area contributed by atoms with Crippen molar-refractivity contribution in [2.75, 3.05) is 0 Å². The Bertz CT molecular complexity index is 588. The molecular formula is C11H11N3O3S. The molecule has 0 unspecified atom stereocenters. The van der Waals surface area contributed by atoms with Crippen LogP contribution in [0.25, 0.3) is 0 Å². The molecule has 2 rings (SSSR count). The molecule has 94 valence electrons. The average Bonchev–Trinajstić information content (AvgIpc) is 2.94. The van der Waals surface area contributed by atoms with Gasteiger partial charge in [0.25, 0.3) is 5.91 Å². The predicted octanol–water partition coefficient (Wildman–Crippen LogP) is 1.41. The minimum atomic E-state index is -1.20. The fourth-order valence-corrected chi connectivity index (χ4v) is 2.30. The molecule has 0 aliphatic carbocycles. The number of rotatable bonds is 4. The number of hydrogen-bond acceptors (Lipinski definition) is 4. The molecule has 0 bridgehead atoms. The molecule has 0 atom stereocenters. The molecule has 6 nitrogen and oxygen atoms in total. The number of H-pyrrole nitrogens is 1. The first kappa shape index (κ1) is 12.3. The second-order valence-electron chi connectivity index (χ2n) is 3.64. The van der Waals surface area contributed by atoms with Crippen molar-refractivity contribution >= 4 is 23.2 Å². The average molecular weight is 265 g/mol. The van der Waals surface area contributed by atoms with Crippen LogP contribution >= 0.6 is 11.3 Å². The molecule has 0 saturated carbocycles. The molecule has 0 aliphatic rings. The predicted molar refractivity (Wildman–Crippen MR) is 65.8 cm³/mol. The van der Waals surface area contributed by atoms with E-state index in [4.69, 9.17) is 5.11 Å². The second-order valence-corrected chi connectivity index (χ2v) is 4.64. The number of imidazole rings is 1. The maximum atomic E-state index is 11.8. The van der Waals surface area contributed by atoms with E-state index in [0.717, 1.165) is 10.4 Å². The lowest BCUT2D eigenvalue weighted by atomic mass is 10.2. The molecule has 2 aromatic rings. The van der Waals surface area contributed by atoms with Crippen molar-refractivity contribution in [2.45, 2.75) is 13.5 Å². The molecule has 2 heterocycles. The molecule has 0 saturated heterocycles. The van der Waals surface area contributed by atoms with Gasteiger partial charge in [0.1, 0.15) is 0 Å². The molecule has 18 heavy (non-hydrogen) atoms. The van der Waals surface area contributed by atoms with Crippen LogP contribution in [0, 0.1) is 6.92 Å². The maximum Gasteiger partial charge on any atom is 0.354 e. The molecule has 7 heteroatoms. The largest absolute Gasteiger partial charge is 0.477 e. The van der Waals surface area contributed by atoms with Crippen LogP contribution in [0.3, 0.4) is 0 Å². The molecule has 2 aromatic heterocycles. The Kier molecular flexibility index (Phi) is 3.42. The van der Waals surface area contributed by atoms with E-state index in [0.29, 0.717) is 6.54 Å². The molecule has 1 amide bonds. The van der Waals surface area contributed by atoms with E-state index < -0.39 is 11.9 Å². The van der Waals surface area contributed by atoms with Gasteiger partial charge in [0, 0.05) is 4.88 Å². The van der Waals surface area contributed by atoms with Crippen LogP contribution in [-0.4, -0.2) is 27.0 Å². The van der Waals surface area contributed by atoms with Crippen LogP contribution in [0.1, 0.15) is 31.4 Å². The van der Waals surface area contributed by atoms with Crippen LogP contribution in [0.5, 0.6) is 0 Å². The van der Waals surface area contributed by atoms with Crippen molar-refractivity contribution in [1.82, 2.24) is 15.3 Å². The van der Waals surface area contributed by atoms with E-state index >= 15 is 0 Å². The van der Waals surface area contributed by atoms with Crippen molar-refractivity contribution in [3.63, 3.8) is 0 Å². The zero-order valence-corrected chi connectivity index (χ0v) is 10.4. The first-order valence-electron chi connectivity index (χ1n) is 5.17. The Morgan fingerprint density at radius 2 is 2.33 bits per heavy atom.